The van der Waals surface area contributed by atoms with Gasteiger partial charge in [0.05, 0.1) is 17.4 Å². The number of hydrogen-bond acceptors (Lipinski definition) is 3. The molecule has 1 unspecified atom stereocenters. The second-order valence-corrected chi connectivity index (χ2v) is 3.62. The zero-order valence-corrected chi connectivity index (χ0v) is 9.59. The smallest absolute Gasteiger partial charge is 0.0921 e. The molecule has 0 aliphatic rings. The maximum Gasteiger partial charge on any atom is 0.0921 e. The topological polar surface area (TPSA) is 42.7 Å². The first-order valence-electron chi connectivity index (χ1n) is 5.45. The minimum atomic E-state index is 0.110. The molecule has 0 amide bonds. The number of rotatable bonds is 4. The maximum absolute atomic E-state index is 4.39. The molecule has 0 saturated carbocycles. The summed E-state index contributed by atoms with van der Waals surface area (Å²) >= 11 is 0. The molecule has 1 atom stereocenters. The van der Waals surface area contributed by atoms with E-state index in [4.69, 9.17) is 0 Å². The van der Waals surface area contributed by atoms with E-state index in [1.54, 1.807) is 0 Å². The number of pyridine rings is 1. The number of nitrogens with one attached hydrogen (secondary N) is 1. The Labute approximate surface area is 95.3 Å². The summed E-state index contributed by atoms with van der Waals surface area (Å²) < 4.78 is 1.88. The third-order valence-electron chi connectivity index (χ3n) is 2.55. The van der Waals surface area contributed by atoms with Crippen LogP contribution in [-0.4, -0.2) is 21.3 Å². The molecule has 4 nitrogen and oxygen atoms in total. The summed E-state index contributed by atoms with van der Waals surface area (Å²) in [6.45, 7) is 2.98. The summed E-state index contributed by atoms with van der Waals surface area (Å²) in [5, 5.41) is 7.61. The third kappa shape index (κ3) is 2.12. The molecular formula is C12H16N4. The summed E-state index contributed by atoms with van der Waals surface area (Å²) in [5.74, 6) is 0. The quantitative estimate of drug-likeness (QED) is 0.842. The fourth-order valence-electron chi connectivity index (χ4n) is 1.78. The molecule has 2 rings (SSSR count). The number of hydrogen-bond donors (Lipinski definition) is 1. The van der Waals surface area contributed by atoms with Crippen LogP contribution >= 0.6 is 0 Å². The minimum absolute atomic E-state index is 0.110. The van der Waals surface area contributed by atoms with E-state index in [1.807, 2.05) is 48.4 Å². The molecule has 2 aromatic heterocycles. The van der Waals surface area contributed by atoms with Gasteiger partial charge in [-0.2, -0.15) is 5.10 Å². The first-order valence-corrected chi connectivity index (χ1v) is 5.45. The molecule has 0 spiro atoms. The summed E-state index contributed by atoms with van der Waals surface area (Å²) in [6, 6.07) is 8.08. The van der Waals surface area contributed by atoms with Gasteiger partial charge in [-0.3, -0.25) is 9.67 Å². The van der Waals surface area contributed by atoms with Gasteiger partial charge in [0.15, 0.2) is 0 Å². The van der Waals surface area contributed by atoms with Crippen LogP contribution in [0.2, 0.25) is 0 Å². The molecule has 0 aromatic carbocycles. The lowest BCUT2D eigenvalue weighted by molar-refractivity contribution is 0.562. The predicted molar refractivity (Wildman–Crippen MR) is 63.0 cm³/mol. The van der Waals surface area contributed by atoms with Crippen LogP contribution in [-0.2, 0) is 7.05 Å². The van der Waals surface area contributed by atoms with Crippen LogP contribution in [0.25, 0.3) is 0 Å². The van der Waals surface area contributed by atoms with Gasteiger partial charge in [-0.05, 0) is 24.7 Å². The normalized spacial score (nSPS) is 12.6. The fourth-order valence-corrected chi connectivity index (χ4v) is 1.78. The average molecular weight is 216 g/mol. The molecule has 84 valence electrons. The van der Waals surface area contributed by atoms with Gasteiger partial charge in [-0.1, -0.05) is 13.0 Å². The van der Waals surface area contributed by atoms with Crippen molar-refractivity contribution in [1.82, 2.24) is 20.1 Å². The van der Waals surface area contributed by atoms with Crippen LogP contribution in [0, 0.1) is 0 Å². The van der Waals surface area contributed by atoms with Gasteiger partial charge in [0, 0.05) is 19.4 Å². The monoisotopic (exact) mass is 216 g/mol. The Morgan fingerprint density at radius 3 is 2.75 bits per heavy atom. The van der Waals surface area contributed by atoms with E-state index in [9.17, 15) is 0 Å². The summed E-state index contributed by atoms with van der Waals surface area (Å²) in [6.07, 6.45) is 3.62. The van der Waals surface area contributed by atoms with E-state index < -0.39 is 0 Å². The Hall–Kier alpha value is -1.68. The van der Waals surface area contributed by atoms with Gasteiger partial charge in [-0.25, -0.2) is 0 Å². The predicted octanol–water partition coefficient (Wildman–Crippen LogP) is 1.51. The van der Waals surface area contributed by atoms with Crippen molar-refractivity contribution in [2.24, 2.45) is 7.05 Å². The van der Waals surface area contributed by atoms with Crippen molar-refractivity contribution >= 4 is 0 Å². The lowest BCUT2D eigenvalue weighted by Gasteiger charge is -2.17. The van der Waals surface area contributed by atoms with E-state index >= 15 is 0 Å². The molecule has 1 N–H and O–H groups in total. The van der Waals surface area contributed by atoms with Crippen LogP contribution in [0.1, 0.15) is 24.4 Å². The third-order valence-corrected chi connectivity index (χ3v) is 2.55. The zero-order chi connectivity index (χ0) is 11.4. The highest BCUT2D eigenvalue weighted by Crippen LogP contribution is 2.18. The van der Waals surface area contributed by atoms with Gasteiger partial charge in [0.1, 0.15) is 0 Å². The van der Waals surface area contributed by atoms with Gasteiger partial charge >= 0.3 is 0 Å². The van der Waals surface area contributed by atoms with E-state index in [2.05, 4.69) is 22.3 Å². The summed E-state index contributed by atoms with van der Waals surface area (Å²) in [5.41, 5.74) is 2.15. The van der Waals surface area contributed by atoms with Crippen LogP contribution in [0.4, 0.5) is 0 Å². The lowest BCUT2D eigenvalue weighted by Crippen LogP contribution is -2.25. The zero-order valence-electron chi connectivity index (χ0n) is 9.59. The van der Waals surface area contributed by atoms with Crippen molar-refractivity contribution in [3.63, 3.8) is 0 Å². The number of aromatic nitrogens is 3. The first kappa shape index (κ1) is 10.8. The average Bonchev–Trinajstić information content (AvgIpc) is 2.73. The Morgan fingerprint density at radius 2 is 2.19 bits per heavy atom. The van der Waals surface area contributed by atoms with E-state index in [0.717, 1.165) is 17.9 Å². The Kier molecular flexibility index (Phi) is 3.31. The van der Waals surface area contributed by atoms with Crippen molar-refractivity contribution in [1.29, 1.82) is 0 Å². The summed E-state index contributed by atoms with van der Waals surface area (Å²) in [4.78, 5) is 4.39. The van der Waals surface area contributed by atoms with Crippen molar-refractivity contribution < 1.29 is 0 Å². The maximum atomic E-state index is 4.39. The van der Waals surface area contributed by atoms with E-state index in [1.165, 1.54) is 0 Å². The standard InChI is InChI=1S/C12H16N4/c1-3-13-12(10-6-4-5-8-14-10)11-7-9-15-16(11)2/h4-9,12-13H,3H2,1-2H3. The Morgan fingerprint density at radius 1 is 1.31 bits per heavy atom. The van der Waals surface area contributed by atoms with Crippen molar-refractivity contribution in [2.45, 2.75) is 13.0 Å². The second kappa shape index (κ2) is 4.90. The largest absolute Gasteiger partial charge is 0.304 e. The van der Waals surface area contributed by atoms with Gasteiger partial charge in [-0.15, -0.1) is 0 Å². The highest BCUT2D eigenvalue weighted by molar-refractivity contribution is 5.21. The van der Waals surface area contributed by atoms with Crippen molar-refractivity contribution in [3.05, 3.63) is 48.0 Å². The Balaban J connectivity index is 2.35. The van der Waals surface area contributed by atoms with Crippen molar-refractivity contribution in [2.75, 3.05) is 6.54 Å². The van der Waals surface area contributed by atoms with E-state index in [0.29, 0.717) is 0 Å². The molecule has 0 fully saturated rings. The minimum Gasteiger partial charge on any atom is -0.304 e. The molecule has 16 heavy (non-hydrogen) atoms. The fraction of sp³-hybridized carbons (Fsp3) is 0.333. The van der Waals surface area contributed by atoms with Crippen LogP contribution in [0.5, 0.6) is 0 Å². The highest BCUT2D eigenvalue weighted by Gasteiger charge is 2.16. The van der Waals surface area contributed by atoms with Gasteiger partial charge < -0.3 is 5.32 Å². The number of nitrogens with zero attached hydrogens (tertiary/aromatic N) is 3. The molecule has 0 saturated heterocycles. The number of aryl methyl sites for hydroxylation is 1. The van der Waals surface area contributed by atoms with Crippen LogP contribution in [0.3, 0.4) is 0 Å². The van der Waals surface area contributed by atoms with E-state index in [-0.39, 0.29) is 6.04 Å². The SMILES string of the molecule is CCNC(c1ccccn1)c1ccnn1C. The van der Waals surface area contributed by atoms with Crippen molar-refractivity contribution in [3.8, 4) is 0 Å². The molecule has 2 aromatic rings. The van der Waals surface area contributed by atoms with Crippen LogP contribution in [0.15, 0.2) is 36.7 Å². The van der Waals surface area contributed by atoms with Gasteiger partial charge in [0.2, 0.25) is 0 Å². The first-order chi connectivity index (χ1) is 7.83. The molecule has 0 radical (unpaired) electrons. The Bertz CT molecular complexity index is 435. The molecule has 2 heterocycles. The summed E-state index contributed by atoms with van der Waals surface area (Å²) in [7, 11) is 1.95. The molecule has 0 bridgehead atoms. The highest BCUT2D eigenvalue weighted by atomic mass is 15.3. The second-order valence-electron chi connectivity index (χ2n) is 3.62. The molecule has 4 heteroatoms. The lowest BCUT2D eigenvalue weighted by atomic mass is 10.1. The molecule has 0 aliphatic carbocycles. The van der Waals surface area contributed by atoms with Gasteiger partial charge in [0.25, 0.3) is 0 Å². The van der Waals surface area contributed by atoms with Crippen LogP contribution < -0.4 is 5.32 Å². The molecule has 0 aliphatic heterocycles. The molecular weight excluding hydrogens is 200 g/mol.